The fourth-order valence-electron chi connectivity index (χ4n) is 1.45. The van der Waals surface area contributed by atoms with Crippen LogP contribution in [0.2, 0.25) is 0 Å². The molecular weight excluding hydrogens is 233 g/mol. The summed E-state index contributed by atoms with van der Waals surface area (Å²) in [6.45, 7) is 4.55. The van der Waals surface area contributed by atoms with E-state index in [1.165, 1.54) is 11.9 Å². The van der Waals surface area contributed by atoms with Crippen LogP contribution in [0.15, 0.2) is 5.10 Å². The zero-order valence-electron chi connectivity index (χ0n) is 8.96. The lowest BCUT2D eigenvalue weighted by atomic mass is 10.3. The van der Waals surface area contributed by atoms with E-state index in [0.717, 1.165) is 0 Å². The monoisotopic (exact) mass is 245 g/mol. The van der Waals surface area contributed by atoms with Gasteiger partial charge in [0.1, 0.15) is 12.5 Å². The van der Waals surface area contributed by atoms with Crippen molar-refractivity contribution < 1.29 is 22.0 Å². The first-order chi connectivity index (χ1) is 7.09. The van der Waals surface area contributed by atoms with Gasteiger partial charge in [0.15, 0.2) is 0 Å². The number of nitrogens with zero attached hydrogens (tertiary/aromatic N) is 3. The van der Waals surface area contributed by atoms with Crippen molar-refractivity contribution in [1.29, 1.82) is 0 Å². The Bertz CT molecular complexity index is 286. The van der Waals surface area contributed by atoms with Gasteiger partial charge in [0.2, 0.25) is 0 Å². The molecule has 1 unspecified atom stereocenters. The van der Waals surface area contributed by atoms with Crippen LogP contribution in [0.5, 0.6) is 0 Å². The van der Waals surface area contributed by atoms with Crippen molar-refractivity contribution in [1.82, 2.24) is 9.91 Å². The normalized spacial score (nSPS) is 22.4. The maximum absolute atomic E-state index is 13.0. The van der Waals surface area contributed by atoms with Gasteiger partial charge in [0.25, 0.3) is 0 Å². The Morgan fingerprint density at radius 1 is 1.19 bits per heavy atom. The number of hydrazone groups is 1. The van der Waals surface area contributed by atoms with Crippen LogP contribution in [0.3, 0.4) is 0 Å². The lowest BCUT2D eigenvalue weighted by Gasteiger charge is -2.35. The summed E-state index contributed by atoms with van der Waals surface area (Å²) in [4.78, 5) is -0.0903. The maximum atomic E-state index is 13.0. The molecule has 0 aliphatic carbocycles. The number of rotatable bonds is 2. The second kappa shape index (κ2) is 3.74. The average Bonchev–Trinajstić information content (AvgIpc) is 2.44. The van der Waals surface area contributed by atoms with Crippen LogP contribution in [0.1, 0.15) is 20.8 Å². The highest BCUT2D eigenvalue weighted by Crippen LogP contribution is 2.40. The third-order valence-corrected chi connectivity index (χ3v) is 2.29. The van der Waals surface area contributed by atoms with Crippen molar-refractivity contribution in [2.24, 2.45) is 5.10 Å². The minimum atomic E-state index is -5.61. The molecule has 94 valence electrons. The van der Waals surface area contributed by atoms with Crippen LogP contribution in [-0.4, -0.2) is 40.7 Å². The molecule has 0 aromatic heterocycles. The molecule has 1 aliphatic heterocycles. The predicted octanol–water partition coefficient (Wildman–Crippen LogP) is 2.46. The molecule has 3 nitrogen and oxygen atoms in total. The van der Waals surface area contributed by atoms with E-state index >= 15 is 0 Å². The van der Waals surface area contributed by atoms with Gasteiger partial charge in [0, 0.05) is 6.04 Å². The fraction of sp³-hybridized carbons (Fsp3) is 0.875. The molecule has 0 saturated heterocycles. The second-order valence-corrected chi connectivity index (χ2v) is 3.78. The highest BCUT2D eigenvalue weighted by molar-refractivity contribution is 5.58. The number of halogens is 5. The lowest BCUT2D eigenvalue weighted by Crippen LogP contribution is -2.56. The molecule has 0 amide bonds. The van der Waals surface area contributed by atoms with Gasteiger partial charge in [-0.15, -0.1) is 0 Å². The second-order valence-electron chi connectivity index (χ2n) is 3.78. The summed E-state index contributed by atoms with van der Waals surface area (Å²) < 4.78 is 62.4. The topological polar surface area (TPSA) is 18.8 Å². The Balaban J connectivity index is 2.90. The van der Waals surface area contributed by atoms with E-state index in [1.807, 2.05) is 0 Å². The number of hydrogen-bond acceptors (Lipinski definition) is 3. The zero-order chi connectivity index (χ0) is 12.7. The van der Waals surface area contributed by atoms with Crippen molar-refractivity contribution in [3.63, 3.8) is 0 Å². The van der Waals surface area contributed by atoms with Crippen LogP contribution < -0.4 is 0 Å². The van der Waals surface area contributed by atoms with Gasteiger partial charge >= 0.3 is 12.2 Å². The Morgan fingerprint density at radius 2 is 1.69 bits per heavy atom. The van der Waals surface area contributed by atoms with E-state index in [4.69, 9.17) is 0 Å². The van der Waals surface area contributed by atoms with Crippen LogP contribution in [-0.2, 0) is 0 Å². The van der Waals surface area contributed by atoms with E-state index in [-0.39, 0.29) is 10.9 Å². The lowest BCUT2D eigenvalue weighted by molar-refractivity contribution is -0.333. The maximum Gasteiger partial charge on any atom is 0.475 e. The highest BCUT2D eigenvalue weighted by Gasteiger charge is 2.63. The summed E-state index contributed by atoms with van der Waals surface area (Å²) in [6, 6.07) is -5.15. The first-order valence-electron chi connectivity index (χ1n) is 4.64. The quantitative estimate of drug-likeness (QED) is 0.549. The predicted molar refractivity (Wildman–Crippen MR) is 47.8 cm³/mol. The van der Waals surface area contributed by atoms with Crippen LogP contribution in [0, 0.1) is 0 Å². The molecule has 0 saturated carbocycles. The zero-order valence-corrected chi connectivity index (χ0v) is 8.96. The average molecular weight is 245 g/mol. The summed E-state index contributed by atoms with van der Waals surface area (Å²) >= 11 is 0. The van der Waals surface area contributed by atoms with Crippen LogP contribution >= 0.6 is 0 Å². The molecule has 1 aliphatic rings. The largest absolute Gasteiger partial charge is 0.475 e. The summed E-state index contributed by atoms with van der Waals surface area (Å²) in [7, 11) is 0. The SMILES string of the molecule is CC(C)N1N=CN(C(F)(F)C(F)(F)F)C1C. The minimum absolute atomic E-state index is 0.0903. The summed E-state index contributed by atoms with van der Waals surface area (Å²) in [5.74, 6) is 0. The fourth-order valence-corrected chi connectivity index (χ4v) is 1.45. The molecule has 1 atom stereocenters. The van der Waals surface area contributed by atoms with Gasteiger partial charge in [-0.3, -0.25) is 9.91 Å². The summed E-state index contributed by atoms with van der Waals surface area (Å²) in [5.41, 5.74) is 0. The van der Waals surface area contributed by atoms with E-state index in [0.29, 0.717) is 6.34 Å². The molecule has 16 heavy (non-hydrogen) atoms. The van der Waals surface area contributed by atoms with Crippen molar-refractivity contribution in [2.75, 3.05) is 0 Å². The molecule has 1 heterocycles. The Kier molecular flexibility index (Phi) is 3.04. The summed E-state index contributed by atoms with van der Waals surface area (Å²) in [6.07, 6.45) is -6.21. The van der Waals surface area contributed by atoms with E-state index in [2.05, 4.69) is 5.10 Å². The molecule has 0 bridgehead atoms. The Hall–Kier alpha value is -1.08. The Labute approximate surface area is 89.5 Å². The molecule has 1 rings (SSSR count). The molecular formula is C8H12F5N3. The van der Waals surface area contributed by atoms with Crippen molar-refractivity contribution in [2.45, 2.75) is 45.2 Å². The van der Waals surface area contributed by atoms with Gasteiger partial charge in [-0.2, -0.15) is 27.1 Å². The standard InChI is InChI=1S/C8H12F5N3/c1-5(2)16-6(3)15(4-14-16)8(12,13)7(9,10)11/h4-6H,1-3H3. The highest BCUT2D eigenvalue weighted by atomic mass is 19.4. The van der Waals surface area contributed by atoms with Gasteiger partial charge in [-0.1, -0.05) is 0 Å². The number of hydrogen-bond donors (Lipinski definition) is 0. The van der Waals surface area contributed by atoms with Crippen molar-refractivity contribution in [3.8, 4) is 0 Å². The third kappa shape index (κ3) is 1.92. The van der Waals surface area contributed by atoms with E-state index in [1.54, 1.807) is 13.8 Å². The van der Waals surface area contributed by atoms with Crippen LogP contribution in [0.25, 0.3) is 0 Å². The van der Waals surface area contributed by atoms with Crippen molar-refractivity contribution in [3.05, 3.63) is 0 Å². The van der Waals surface area contributed by atoms with Crippen LogP contribution in [0.4, 0.5) is 22.0 Å². The molecule has 0 N–H and O–H groups in total. The first-order valence-corrected chi connectivity index (χ1v) is 4.64. The van der Waals surface area contributed by atoms with E-state index < -0.39 is 18.4 Å². The van der Waals surface area contributed by atoms with E-state index in [9.17, 15) is 22.0 Å². The molecule has 0 fully saturated rings. The van der Waals surface area contributed by atoms with Gasteiger partial charge in [0.05, 0.1) is 0 Å². The first kappa shape index (κ1) is 13.0. The van der Waals surface area contributed by atoms with Gasteiger partial charge in [-0.25, -0.2) is 0 Å². The smallest absolute Gasteiger partial charge is 0.272 e. The number of alkyl halides is 5. The Morgan fingerprint density at radius 3 is 2.00 bits per heavy atom. The van der Waals surface area contributed by atoms with Gasteiger partial charge in [-0.05, 0) is 20.8 Å². The molecule has 0 aromatic carbocycles. The van der Waals surface area contributed by atoms with Gasteiger partial charge < -0.3 is 0 Å². The third-order valence-electron chi connectivity index (χ3n) is 2.29. The molecule has 8 heteroatoms. The van der Waals surface area contributed by atoms with Crippen molar-refractivity contribution >= 4 is 6.34 Å². The summed E-state index contributed by atoms with van der Waals surface area (Å²) in [5, 5.41) is 4.71. The minimum Gasteiger partial charge on any atom is -0.272 e. The molecule has 0 radical (unpaired) electrons. The molecule has 0 spiro atoms. The molecule has 0 aromatic rings.